The molecule has 0 bridgehead atoms. The fraction of sp³-hybridized carbons (Fsp3) is 0.350. The standard InChI is InChI=1S/C20H27OSi/c1-20(2,3)16-10-11-17-21-22(18-12-6-4-7-13-18)19-14-8-5-9-15-19/h4-9,12-15,17,22H,10-11,16H2,1-3H3. The lowest BCUT2D eigenvalue weighted by Gasteiger charge is -2.19. The zero-order valence-corrected chi connectivity index (χ0v) is 15.1. The van der Waals surface area contributed by atoms with Crippen molar-refractivity contribution in [3.8, 4) is 0 Å². The first-order chi connectivity index (χ1) is 10.6. The molecule has 22 heavy (non-hydrogen) atoms. The molecule has 0 heterocycles. The van der Waals surface area contributed by atoms with E-state index >= 15 is 0 Å². The van der Waals surface area contributed by atoms with Gasteiger partial charge < -0.3 is 4.43 Å². The summed E-state index contributed by atoms with van der Waals surface area (Å²) in [5.74, 6) is 0. The van der Waals surface area contributed by atoms with E-state index in [1.807, 2.05) is 6.61 Å². The largest absolute Gasteiger partial charge is 0.405 e. The van der Waals surface area contributed by atoms with E-state index in [4.69, 9.17) is 4.43 Å². The Morgan fingerprint density at radius 1 is 0.864 bits per heavy atom. The Bertz CT molecular complexity index is 491. The minimum absolute atomic E-state index is 0.406. The van der Waals surface area contributed by atoms with Crippen LogP contribution in [0, 0.1) is 12.0 Å². The Morgan fingerprint density at radius 3 is 1.82 bits per heavy atom. The first-order valence-electron chi connectivity index (χ1n) is 8.13. The summed E-state index contributed by atoms with van der Waals surface area (Å²) in [7, 11) is -1.59. The van der Waals surface area contributed by atoms with E-state index in [0.717, 1.165) is 6.42 Å². The topological polar surface area (TPSA) is 9.23 Å². The van der Waals surface area contributed by atoms with Gasteiger partial charge in [0.25, 0.3) is 0 Å². The molecule has 0 saturated carbocycles. The molecule has 2 rings (SSSR count). The quantitative estimate of drug-likeness (QED) is 0.556. The fourth-order valence-corrected chi connectivity index (χ4v) is 4.66. The summed E-state index contributed by atoms with van der Waals surface area (Å²) in [4.78, 5) is 0. The van der Waals surface area contributed by atoms with Gasteiger partial charge in [-0.25, -0.2) is 0 Å². The second kappa shape index (κ2) is 8.30. The molecule has 0 aromatic heterocycles. The first kappa shape index (κ1) is 17.0. The SMILES string of the molecule is CC(C)(C)CCC[CH]O[SiH](c1ccccc1)c1ccccc1. The van der Waals surface area contributed by atoms with Crippen LogP contribution >= 0.6 is 0 Å². The maximum atomic E-state index is 6.24. The van der Waals surface area contributed by atoms with Crippen LogP contribution in [0.2, 0.25) is 0 Å². The van der Waals surface area contributed by atoms with Gasteiger partial charge in [0.15, 0.2) is 0 Å². The maximum absolute atomic E-state index is 6.24. The summed E-state index contributed by atoms with van der Waals surface area (Å²) in [6.07, 6.45) is 3.45. The van der Waals surface area contributed by atoms with Crippen molar-refractivity contribution in [3.05, 3.63) is 67.3 Å². The Hall–Kier alpha value is -1.38. The van der Waals surface area contributed by atoms with Crippen molar-refractivity contribution >= 4 is 19.4 Å². The van der Waals surface area contributed by atoms with Gasteiger partial charge in [-0.1, -0.05) is 87.9 Å². The summed E-state index contributed by atoms with van der Waals surface area (Å²) in [5, 5.41) is 2.67. The van der Waals surface area contributed by atoms with Crippen LogP contribution in [0.25, 0.3) is 0 Å². The van der Waals surface area contributed by atoms with E-state index in [2.05, 4.69) is 81.4 Å². The van der Waals surface area contributed by atoms with Crippen LogP contribution in [0.4, 0.5) is 0 Å². The molecular formula is C20H27OSi. The van der Waals surface area contributed by atoms with E-state index in [-0.39, 0.29) is 0 Å². The van der Waals surface area contributed by atoms with Gasteiger partial charge in [0.05, 0.1) is 6.61 Å². The van der Waals surface area contributed by atoms with E-state index < -0.39 is 9.04 Å². The maximum Gasteiger partial charge on any atom is 0.240 e. The Morgan fingerprint density at radius 2 is 1.36 bits per heavy atom. The van der Waals surface area contributed by atoms with Gasteiger partial charge in [0, 0.05) is 0 Å². The predicted octanol–water partition coefficient (Wildman–Crippen LogP) is 3.92. The molecule has 0 saturated heterocycles. The second-order valence-corrected chi connectivity index (χ2v) is 9.32. The minimum atomic E-state index is -1.59. The summed E-state index contributed by atoms with van der Waals surface area (Å²) in [5.41, 5.74) is 0.406. The summed E-state index contributed by atoms with van der Waals surface area (Å²) in [6.45, 7) is 8.92. The second-order valence-electron chi connectivity index (χ2n) is 6.96. The van der Waals surface area contributed by atoms with Crippen LogP contribution in [0.15, 0.2) is 60.7 Å². The number of rotatable bonds is 7. The normalized spacial score (nSPS) is 11.8. The van der Waals surface area contributed by atoms with Crippen molar-refractivity contribution in [1.82, 2.24) is 0 Å². The van der Waals surface area contributed by atoms with Crippen molar-refractivity contribution in [2.75, 3.05) is 0 Å². The molecule has 0 aliphatic carbocycles. The molecule has 0 aliphatic rings. The van der Waals surface area contributed by atoms with E-state index in [0.29, 0.717) is 5.41 Å². The molecule has 0 N–H and O–H groups in total. The highest BCUT2D eigenvalue weighted by atomic mass is 28.3. The average Bonchev–Trinajstić information content (AvgIpc) is 2.51. The molecule has 1 nitrogen and oxygen atoms in total. The lowest BCUT2D eigenvalue weighted by molar-refractivity contribution is 0.341. The number of benzene rings is 2. The molecular weight excluding hydrogens is 284 g/mol. The third-order valence-corrected chi connectivity index (χ3v) is 6.13. The lowest BCUT2D eigenvalue weighted by atomic mass is 9.90. The van der Waals surface area contributed by atoms with Crippen molar-refractivity contribution in [3.63, 3.8) is 0 Å². The van der Waals surface area contributed by atoms with Gasteiger partial charge in [-0.3, -0.25) is 0 Å². The zero-order valence-electron chi connectivity index (χ0n) is 14.0. The van der Waals surface area contributed by atoms with Gasteiger partial charge in [-0.15, -0.1) is 0 Å². The van der Waals surface area contributed by atoms with Crippen LogP contribution in [0.1, 0.15) is 40.0 Å². The number of hydrogen-bond acceptors (Lipinski definition) is 1. The van der Waals surface area contributed by atoms with Crippen LogP contribution in [-0.4, -0.2) is 9.04 Å². The van der Waals surface area contributed by atoms with Gasteiger partial charge >= 0.3 is 0 Å². The van der Waals surface area contributed by atoms with E-state index in [9.17, 15) is 0 Å². The summed E-state index contributed by atoms with van der Waals surface area (Å²) >= 11 is 0. The van der Waals surface area contributed by atoms with Gasteiger partial charge in [-0.2, -0.15) is 0 Å². The van der Waals surface area contributed by atoms with Crippen LogP contribution < -0.4 is 10.4 Å². The molecule has 0 fully saturated rings. The molecule has 0 spiro atoms. The van der Waals surface area contributed by atoms with Crippen LogP contribution in [0.3, 0.4) is 0 Å². The molecule has 117 valence electrons. The van der Waals surface area contributed by atoms with Gasteiger partial charge in [-0.05, 0) is 28.6 Å². The van der Waals surface area contributed by atoms with E-state index in [1.165, 1.54) is 23.2 Å². The number of hydrogen-bond donors (Lipinski definition) is 0. The van der Waals surface area contributed by atoms with Gasteiger partial charge in [0.2, 0.25) is 9.04 Å². The van der Waals surface area contributed by atoms with Crippen LogP contribution in [-0.2, 0) is 4.43 Å². The molecule has 2 aromatic carbocycles. The Labute approximate surface area is 137 Å². The summed E-state index contributed by atoms with van der Waals surface area (Å²) < 4.78 is 6.24. The van der Waals surface area contributed by atoms with Crippen molar-refractivity contribution in [1.29, 1.82) is 0 Å². The first-order valence-corrected chi connectivity index (χ1v) is 9.76. The average molecular weight is 312 g/mol. The molecule has 2 heteroatoms. The fourth-order valence-electron chi connectivity index (χ4n) is 2.49. The molecule has 0 amide bonds. The number of unbranched alkanes of at least 4 members (excludes halogenated alkanes) is 1. The Balaban J connectivity index is 1.95. The van der Waals surface area contributed by atoms with Gasteiger partial charge in [0.1, 0.15) is 0 Å². The lowest BCUT2D eigenvalue weighted by Crippen LogP contribution is -2.44. The van der Waals surface area contributed by atoms with Crippen molar-refractivity contribution < 1.29 is 4.43 Å². The minimum Gasteiger partial charge on any atom is -0.405 e. The Kier molecular flexibility index (Phi) is 6.41. The highest BCUT2D eigenvalue weighted by molar-refractivity contribution is 6.80. The third-order valence-electron chi connectivity index (χ3n) is 3.69. The van der Waals surface area contributed by atoms with Crippen LogP contribution in [0.5, 0.6) is 0 Å². The third kappa shape index (κ3) is 5.78. The highest BCUT2D eigenvalue weighted by Crippen LogP contribution is 2.21. The predicted molar refractivity (Wildman–Crippen MR) is 98.0 cm³/mol. The highest BCUT2D eigenvalue weighted by Gasteiger charge is 2.17. The monoisotopic (exact) mass is 311 g/mol. The summed E-state index contributed by atoms with van der Waals surface area (Å²) in [6, 6.07) is 21.3. The van der Waals surface area contributed by atoms with Crippen molar-refractivity contribution in [2.24, 2.45) is 5.41 Å². The van der Waals surface area contributed by atoms with E-state index in [1.54, 1.807) is 0 Å². The smallest absolute Gasteiger partial charge is 0.240 e. The molecule has 2 aromatic rings. The molecule has 1 radical (unpaired) electrons. The van der Waals surface area contributed by atoms with Crippen molar-refractivity contribution in [2.45, 2.75) is 40.0 Å². The molecule has 0 atom stereocenters. The molecule has 0 unspecified atom stereocenters. The molecule has 0 aliphatic heterocycles. The zero-order chi connectivity index (χ0) is 15.8.